The van der Waals surface area contributed by atoms with E-state index in [1.165, 1.54) is 25.7 Å². The molecule has 18 heavy (non-hydrogen) atoms. The van der Waals surface area contributed by atoms with Crippen LogP contribution in [0.25, 0.3) is 0 Å². The molecule has 0 bridgehead atoms. The van der Waals surface area contributed by atoms with Gasteiger partial charge in [0, 0.05) is 25.3 Å². The van der Waals surface area contributed by atoms with Crippen LogP contribution in [0.15, 0.2) is 27.6 Å². The molecular weight excluding hydrogens is 292 g/mol. The Kier molecular flexibility index (Phi) is 5.01. The molecule has 0 unspecified atom stereocenters. The molecule has 3 nitrogen and oxygen atoms in total. The predicted octanol–water partition coefficient (Wildman–Crippen LogP) is 2.78. The zero-order valence-electron chi connectivity index (χ0n) is 10.9. The van der Waals surface area contributed by atoms with Crippen molar-refractivity contribution in [1.82, 2.24) is 9.88 Å². The van der Waals surface area contributed by atoms with Gasteiger partial charge < -0.3 is 9.88 Å². The van der Waals surface area contributed by atoms with E-state index in [2.05, 4.69) is 28.2 Å². The predicted molar refractivity (Wildman–Crippen MR) is 77.8 cm³/mol. The molecule has 4 heteroatoms. The Labute approximate surface area is 117 Å². The summed E-state index contributed by atoms with van der Waals surface area (Å²) in [6.07, 6.45) is 7.05. The lowest BCUT2D eigenvalue weighted by Gasteiger charge is -2.27. The number of aromatic nitrogens is 1. The molecule has 1 fully saturated rings. The first-order valence-electron chi connectivity index (χ1n) is 6.75. The number of rotatable bonds is 4. The Morgan fingerprint density at radius 1 is 1.39 bits per heavy atom. The molecule has 0 radical (unpaired) electrons. The van der Waals surface area contributed by atoms with Crippen LogP contribution in [0.4, 0.5) is 0 Å². The Morgan fingerprint density at radius 3 is 2.83 bits per heavy atom. The molecule has 1 saturated carbocycles. The van der Waals surface area contributed by atoms with Crippen molar-refractivity contribution in [2.24, 2.45) is 5.92 Å². The van der Waals surface area contributed by atoms with Crippen LogP contribution in [0.2, 0.25) is 0 Å². The summed E-state index contributed by atoms with van der Waals surface area (Å²) in [5.74, 6) is 0.885. The fourth-order valence-corrected chi connectivity index (χ4v) is 2.92. The van der Waals surface area contributed by atoms with Gasteiger partial charge in [-0.05, 0) is 59.7 Å². The fourth-order valence-electron chi connectivity index (χ4n) is 2.54. The van der Waals surface area contributed by atoms with Crippen LogP contribution >= 0.6 is 15.9 Å². The highest BCUT2D eigenvalue weighted by atomic mass is 79.9. The van der Waals surface area contributed by atoms with Crippen LogP contribution in [0.3, 0.4) is 0 Å². The van der Waals surface area contributed by atoms with E-state index in [9.17, 15) is 4.79 Å². The van der Waals surface area contributed by atoms with Crippen LogP contribution in [-0.4, -0.2) is 17.2 Å². The molecule has 0 amide bonds. The smallest absolute Gasteiger partial charge is 0.264 e. The molecule has 0 aliphatic heterocycles. The highest BCUT2D eigenvalue weighted by Crippen LogP contribution is 2.23. The molecular formula is C14H21BrN2O. The minimum atomic E-state index is 0.0524. The highest BCUT2D eigenvalue weighted by Gasteiger charge is 2.17. The Morgan fingerprint density at radius 2 is 2.11 bits per heavy atom. The first-order valence-corrected chi connectivity index (χ1v) is 7.54. The van der Waals surface area contributed by atoms with E-state index in [0.717, 1.165) is 19.0 Å². The van der Waals surface area contributed by atoms with Crippen LogP contribution in [0.5, 0.6) is 0 Å². The van der Waals surface area contributed by atoms with Gasteiger partial charge in [0.05, 0.1) is 4.47 Å². The van der Waals surface area contributed by atoms with Gasteiger partial charge in [-0.15, -0.1) is 0 Å². The highest BCUT2D eigenvalue weighted by molar-refractivity contribution is 9.10. The van der Waals surface area contributed by atoms with Crippen LogP contribution in [0.1, 0.15) is 32.6 Å². The average molecular weight is 313 g/mol. The lowest BCUT2D eigenvalue weighted by atomic mass is 9.87. The largest absolute Gasteiger partial charge is 0.313 e. The quantitative estimate of drug-likeness (QED) is 0.927. The van der Waals surface area contributed by atoms with Crippen molar-refractivity contribution in [2.45, 2.75) is 45.2 Å². The SMILES string of the molecule is CC1CCC(NCCn2cccc(Br)c2=O)CC1. The number of hydrogen-bond acceptors (Lipinski definition) is 2. The van der Waals surface area contributed by atoms with E-state index in [1.54, 1.807) is 10.6 Å². The molecule has 1 aliphatic rings. The molecule has 1 N–H and O–H groups in total. The number of nitrogens with zero attached hydrogens (tertiary/aromatic N) is 1. The molecule has 0 saturated heterocycles. The van der Waals surface area contributed by atoms with E-state index in [0.29, 0.717) is 10.5 Å². The Balaban J connectivity index is 1.78. The maximum Gasteiger partial charge on any atom is 0.264 e. The number of hydrogen-bond donors (Lipinski definition) is 1. The van der Waals surface area contributed by atoms with Crippen molar-refractivity contribution in [2.75, 3.05) is 6.54 Å². The third-order valence-corrected chi connectivity index (χ3v) is 4.38. The normalized spacial score (nSPS) is 24.1. The van der Waals surface area contributed by atoms with Gasteiger partial charge in [-0.1, -0.05) is 6.92 Å². The van der Waals surface area contributed by atoms with E-state index >= 15 is 0 Å². The summed E-state index contributed by atoms with van der Waals surface area (Å²) in [5.41, 5.74) is 0.0524. The summed E-state index contributed by atoms with van der Waals surface area (Å²) in [7, 11) is 0. The second-order valence-corrected chi connectivity index (χ2v) is 6.12. The summed E-state index contributed by atoms with van der Waals surface area (Å²) in [6.45, 7) is 3.94. The lowest BCUT2D eigenvalue weighted by Crippen LogP contribution is -2.36. The third kappa shape index (κ3) is 3.69. The standard InChI is InChI=1S/C14H21BrN2O/c1-11-4-6-12(7-5-11)16-8-10-17-9-2-3-13(15)14(17)18/h2-3,9,11-12,16H,4-8,10H2,1H3. The summed E-state index contributed by atoms with van der Waals surface area (Å²) >= 11 is 3.27. The molecule has 100 valence electrons. The third-order valence-electron chi connectivity index (χ3n) is 3.78. The minimum absolute atomic E-state index is 0.0524. The molecule has 1 aromatic heterocycles. The number of halogens is 1. The number of pyridine rings is 1. The zero-order chi connectivity index (χ0) is 13.0. The van der Waals surface area contributed by atoms with Gasteiger partial charge in [0.25, 0.3) is 5.56 Å². The van der Waals surface area contributed by atoms with Gasteiger partial charge in [-0.2, -0.15) is 0 Å². The second-order valence-electron chi connectivity index (χ2n) is 5.27. The van der Waals surface area contributed by atoms with Crippen LogP contribution < -0.4 is 10.9 Å². The van der Waals surface area contributed by atoms with Crippen LogP contribution in [-0.2, 0) is 6.54 Å². The topological polar surface area (TPSA) is 34.0 Å². The van der Waals surface area contributed by atoms with E-state index in [1.807, 2.05) is 12.3 Å². The van der Waals surface area contributed by atoms with Gasteiger partial charge >= 0.3 is 0 Å². The summed E-state index contributed by atoms with van der Waals surface area (Å²) in [4.78, 5) is 11.8. The van der Waals surface area contributed by atoms with E-state index < -0.39 is 0 Å². The summed E-state index contributed by atoms with van der Waals surface area (Å²) in [6, 6.07) is 4.33. The van der Waals surface area contributed by atoms with Crippen molar-refractivity contribution in [3.8, 4) is 0 Å². The van der Waals surface area contributed by atoms with Gasteiger partial charge in [0.15, 0.2) is 0 Å². The molecule has 1 heterocycles. The average Bonchev–Trinajstić information content (AvgIpc) is 2.37. The maximum atomic E-state index is 11.8. The minimum Gasteiger partial charge on any atom is -0.313 e. The molecule has 0 aromatic carbocycles. The Bertz CT molecular complexity index is 436. The molecule has 0 atom stereocenters. The first-order chi connectivity index (χ1) is 8.66. The molecule has 2 rings (SSSR count). The summed E-state index contributed by atoms with van der Waals surface area (Å²) < 4.78 is 2.39. The monoisotopic (exact) mass is 312 g/mol. The first kappa shape index (κ1) is 13.8. The van der Waals surface area contributed by atoms with E-state index in [4.69, 9.17) is 0 Å². The van der Waals surface area contributed by atoms with Gasteiger partial charge in [0.2, 0.25) is 0 Å². The van der Waals surface area contributed by atoms with Gasteiger partial charge in [-0.25, -0.2) is 0 Å². The van der Waals surface area contributed by atoms with Crippen molar-refractivity contribution in [1.29, 1.82) is 0 Å². The van der Waals surface area contributed by atoms with Gasteiger partial charge in [0.1, 0.15) is 0 Å². The van der Waals surface area contributed by atoms with Crippen molar-refractivity contribution < 1.29 is 0 Å². The molecule has 1 aromatic rings. The fraction of sp³-hybridized carbons (Fsp3) is 0.643. The van der Waals surface area contributed by atoms with Crippen molar-refractivity contribution >= 4 is 15.9 Å². The Hall–Kier alpha value is -0.610. The summed E-state index contributed by atoms with van der Waals surface area (Å²) in [5, 5.41) is 3.56. The van der Waals surface area contributed by atoms with Crippen molar-refractivity contribution in [3.05, 3.63) is 33.2 Å². The van der Waals surface area contributed by atoms with Crippen molar-refractivity contribution in [3.63, 3.8) is 0 Å². The number of nitrogens with one attached hydrogen (secondary N) is 1. The second kappa shape index (κ2) is 6.53. The molecule has 0 spiro atoms. The maximum absolute atomic E-state index is 11.8. The lowest BCUT2D eigenvalue weighted by molar-refractivity contribution is 0.305. The van der Waals surface area contributed by atoms with Gasteiger partial charge in [-0.3, -0.25) is 4.79 Å². The molecule has 1 aliphatic carbocycles. The van der Waals surface area contributed by atoms with Crippen LogP contribution in [0, 0.1) is 5.92 Å². The van der Waals surface area contributed by atoms with E-state index in [-0.39, 0.29) is 5.56 Å². The zero-order valence-corrected chi connectivity index (χ0v) is 12.4.